The first-order valence-corrected chi connectivity index (χ1v) is 9.99. The Labute approximate surface area is 167 Å². The predicted octanol–water partition coefficient (Wildman–Crippen LogP) is 3.91. The van der Waals surface area contributed by atoms with Crippen LogP contribution in [-0.2, 0) is 14.4 Å². The molecule has 5 nitrogen and oxygen atoms in total. The number of likely N-dealkylation sites (tertiary alicyclic amines) is 1. The largest absolute Gasteiger partial charge is 0.323 e. The fourth-order valence-corrected chi connectivity index (χ4v) is 5.15. The topological polar surface area (TPSA) is 66.5 Å². The molecule has 5 rings (SSSR count). The molecule has 0 aromatic heterocycles. The Kier molecular flexibility index (Phi) is 4.77. The van der Waals surface area contributed by atoms with Gasteiger partial charge in [0.25, 0.3) is 0 Å². The number of nitrogens with one attached hydrogen (secondary N) is 1. The molecule has 142 valence electrons. The molecule has 2 bridgehead atoms. The molecule has 1 aromatic carbocycles. The van der Waals surface area contributed by atoms with E-state index < -0.39 is 11.9 Å². The van der Waals surface area contributed by atoms with Crippen LogP contribution in [0.5, 0.6) is 0 Å². The third-order valence-corrected chi connectivity index (χ3v) is 6.53. The summed E-state index contributed by atoms with van der Waals surface area (Å²) in [4.78, 5) is 40.2. The van der Waals surface area contributed by atoms with Crippen molar-refractivity contribution in [2.75, 3.05) is 5.32 Å². The number of hydrogen-bond donors (Lipinski definition) is 1. The Hall–Kier alpha value is -1.85. The Morgan fingerprint density at radius 2 is 1.74 bits per heavy atom. The van der Waals surface area contributed by atoms with E-state index in [0.717, 1.165) is 12.8 Å². The van der Waals surface area contributed by atoms with E-state index in [-0.39, 0.29) is 35.5 Å². The summed E-state index contributed by atoms with van der Waals surface area (Å²) in [6, 6.07) is 3.91. The number of allylic oxidation sites excluding steroid dienone is 2. The number of carbonyl (C=O) groups is 3. The maximum atomic E-state index is 13.1. The van der Waals surface area contributed by atoms with Crippen molar-refractivity contribution in [1.29, 1.82) is 0 Å². The average Bonchev–Trinajstić information content (AvgIpc) is 2.93. The van der Waals surface area contributed by atoms with Crippen molar-refractivity contribution in [2.24, 2.45) is 23.7 Å². The van der Waals surface area contributed by atoms with Gasteiger partial charge in [0, 0.05) is 5.02 Å². The summed E-state index contributed by atoms with van der Waals surface area (Å²) in [5, 5.41) is 3.50. The molecule has 0 unspecified atom stereocenters. The summed E-state index contributed by atoms with van der Waals surface area (Å²) in [6.45, 7) is 1.79. The van der Waals surface area contributed by atoms with Crippen molar-refractivity contribution >= 4 is 46.6 Å². The summed E-state index contributed by atoms with van der Waals surface area (Å²) in [6.07, 6.45) is 6.34. The summed E-state index contributed by atoms with van der Waals surface area (Å²) in [7, 11) is 0. The lowest BCUT2D eigenvalue weighted by Crippen LogP contribution is -2.47. The van der Waals surface area contributed by atoms with E-state index in [1.54, 1.807) is 19.1 Å². The zero-order chi connectivity index (χ0) is 19.3. The number of fused-ring (bicyclic) bond motifs is 1. The maximum absolute atomic E-state index is 13.1. The minimum absolute atomic E-state index is 0.104. The number of halogens is 2. The van der Waals surface area contributed by atoms with Gasteiger partial charge in [0.1, 0.15) is 6.04 Å². The second-order valence-corrected chi connectivity index (χ2v) is 8.27. The van der Waals surface area contributed by atoms with Crippen LogP contribution in [0, 0.1) is 23.7 Å². The van der Waals surface area contributed by atoms with Crippen LogP contribution >= 0.6 is 23.2 Å². The summed E-state index contributed by atoms with van der Waals surface area (Å²) in [5.74, 6) is -1.27. The van der Waals surface area contributed by atoms with Crippen LogP contribution in [0.2, 0.25) is 10.0 Å². The Bertz CT molecular complexity index is 822. The first kappa shape index (κ1) is 18.5. The first-order valence-electron chi connectivity index (χ1n) is 9.23. The molecule has 1 saturated heterocycles. The lowest BCUT2D eigenvalue weighted by Gasteiger charge is -2.38. The quantitative estimate of drug-likeness (QED) is 0.608. The third kappa shape index (κ3) is 2.97. The SMILES string of the molecule is CC[C@H](C(=O)Nc1ccc(Cl)cc1Cl)N1C(=O)[C@@H]2[C@H](C1=O)[C@H]1C=C[C@H]2CC1. The van der Waals surface area contributed by atoms with Gasteiger partial charge in [0.05, 0.1) is 22.5 Å². The minimum Gasteiger partial charge on any atom is -0.323 e. The Balaban J connectivity index is 1.58. The van der Waals surface area contributed by atoms with E-state index in [9.17, 15) is 14.4 Å². The van der Waals surface area contributed by atoms with Gasteiger partial charge in [-0.3, -0.25) is 19.3 Å². The number of amides is 3. The number of carbonyl (C=O) groups excluding carboxylic acids is 3. The van der Waals surface area contributed by atoms with Crippen LogP contribution in [0.4, 0.5) is 5.69 Å². The number of imide groups is 1. The van der Waals surface area contributed by atoms with Crippen molar-refractivity contribution in [2.45, 2.75) is 32.2 Å². The van der Waals surface area contributed by atoms with Crippen molar-refractivity contribution in [3.63, 3.8) is 0 Å². The summed E-state index contributed by atoms with van der Waals surface area (Å²) >= 11 is 12.0. The number of nitrogens with zero attached hydrogens (tertiary/aromatic N) is 1. The second kappa shape index (κ2) is 6.95. The van der Waals surface area contributed by atoms with Gasteiger partial charge in [-0.05, 0) is 49.3 Å². The molecule has 2 fully saturated rings. The van der Waals surface area contributed by atoms with Crippen molar-refractivity contribution < 1.29 is 14.4 Å². The van der Waals surface area contributed by atoms with Gasteiger partial charge in [-0.25, -0.2) is 0 Å². The van der Waals surface area contributed by atoms with Crippen LogP contribution in [0.3, 0.4) is 0 Å². The van der Waals surface area contributed by atoms with E-state index in [4.69, 9.17) is 23.2 Å². The van der Waals surface area contributed by atoms with E-state index in [1.807, 2.05) is 0 Å². The maximum Gasteiger partial charge on any atom is 0.247 e. The van der Waals surface area contributed by atoms with E-state index in [0.29, 0.717) is 22.2 Å². The van der Waals surface area contributed by atoms with Gasteiger partial charge >= 0.3 is 0 Å². The molecule has 1 aromatic rings. The lowest BCUT2D eigenvalue weighted by atomic mass is 9.63. The van der Waals surface area contributed by atoms with Crippen LogP contribution < -0.4 is 5.32 Å². The fraction of sp³-hybridized carbons (Fsp3) is 0.450. The van der Waals surface area contributed by atoms with Gasteiger partial charge in [0.2, 0.25) is 17.7 Å². The molecule has 1 saturated carbocycles. The van der Waals surface area contributed by atoms with Gasteiger partial charge in [-0.15, -0.1) is 0 Å². The molecule has 3 aliphatic carbocycles. The van der Waals surface area contributed by atoms with Crippen LogP contribution in [0.25, 0.3) is 0 Å². The molecule has 4 aliphatic rings. The van der Waals surface area contributed by atoms with Gasteiger partial charge in [0.15, 0.2) is 0 Å². The molecular weight excluding hydrogens is 387 g/mol. The number of rotatable bonds is 4. The van der Waals surface area contributed by atoms with Gasteiger partial charge < -0.3 is 5.32 Å². The first-order chi connectivity index (χ1) is 12.9. The molecule has 0 radical (unpaired) electrons. The smallest absolute Gasteiger partial charge is 0.247 e. The molecule has 3 amide bonds. The molecular formula is C20H20Cl2N2O3. The van der Waals surface area contributed by atoms with Gasteiger partial charge in [-0.2, -0.15) is 0 Å². The minimum atomic E-state index is -0.846. The zero-order valence-electron chi connectivity index (χ0n) is 14.8. The molecule has 1 N–H and O–H groups in total. The Morgan fingerprint density at radius 1 is 1.15 bits per heavy atom. The van der Waals surface area contributed by atoms with Crippen LogP contribution in [0.15, 0.2) is 30.4 Å². The number of hydrogen-bond acceptors (Lipinski definition) is 3. The Morgan fingerprint density at radius 3 is 2.22 bits per heavy atom. The monoisotopic (exact) mass is 406 g/mol. The van der Waals surface area contributed by atoms with Crippen molar-refractivity contribution in [3.05, 3.63) is 40.4 Å². The molecule has 0 spiro atoms. The van der Waals surface area contributed by atoms with Gasteiger partial charge in [-0.1, -0.05) is 42.3 Å². The highest BCUT2D eigenvalue weighted by atomic mass is 35.5. The lowest BCUT2D eigenvalue weighted by molar-refractivity contribution is -0.146. The standard InChI is InChI=1S/C20H20Cl2N2O3/c1-2-15(18(25)23-14-8-7-12(21)9-13(14)22)24-19(26)16-10-3-4-11(6-5-10)17(16)20(24)27/h3-4,7-11,15-17H,2,5-6H2,1H3,(H,23,25)/t10-,11-,15+,16-,17+/m0/s1. The van der Waals surface area contributed by atoms with E-state index in [2.05, 4.69) is 17.5 Å². The molecule has 1 aliphatic heterocycles. The molecule has 27 heavy (non-hydrogen) atoms. The predicted molar refractivity (Wildman–Crippen MR) is 103 cm³/mol. The van der Waals surface area contributed by atoms with Crippen molar-refractivity contribution in [3.8, 4) is 0 Å². The molecule has 5 atom stereocenters. The van der Waals surface area contributed by atoms with E-state index in [1.165, 1.54) is 11.0 Å². The summed E-state index contributed by atoms with van der Waals surface area (Å²) in [5.41, 5.74) is 0.405. The second-order valence-electron chi connectivity index (χ2n) is 7.43. The molecule has 1 heterocycles. The van der Waals surface area contributed by atoms with Crippen LogP contribution in [0.1, 0.15) is 26.2 Å². The molecule has 7 heteroatoms. The fourth-order valence-electron chi connectivity index (χ4n) is 4.70. The normalized spacial score (nSPS) is 29.8. The number of benzene rings is 1. The highest BCUT2D eigenvalue weighted by molar-refractivity contribution is 6.36. The highest BCUT2D eigenvalue weighted by Gasteiger charge is 2.58. The zero-order valence-corrected chi connectivity index (χ0v) is 16.3. The van der Waals surface area contributed by atoms with Crippen LogP contribution in [-0.4, -0.2) is 28.7 Å². The third-order valence-electron chi connectivity index (χ3n) is 5.98. The highest BCUT2D eigenvalue weighted by Crippen LogP contribution is 2.50. The van der Waals surface area contributed by atoms with E-state index >= 15 is 0 Å². The van der Waals surface area contributed by atoms with Crippen molar-refractivity contribution in [1.82, 2.24) is 4.90 Å². The number of anilines is 1. The average molecular weight is 407 g/mol. The summed E-state index contributed by atoms with van der Waals surface area (Å²) < 4.78 is 0.